The second-order valence-corrected chi connectivity index (χ2v) is 5.90. The van der Waals surface area contributed by atoms with Gasteiger partial charge in [-0.1, -0.05) is 28.1 Å². The zero-order chi connectivity index (χ0) is 15.1. The zero-order valence-electron chi connectivity index (χ0n) is 11.8. The molecule has 6 heteroatoms. The van der Waals surface area contributed by atoms with Gasteiger partial charge >= 0.3 is 0 Å². The van der Waals surface area contributed by atoms with Crippen molar-refractivity contribution in [3.05, 3.63) is 59.3 Å². The summed E-state index contributed by atoms with van der Waals surface area (Å²) in [7, 11) is 2.00. The van der Waals surface area contributed by atoms with Gasteiger partial charge in [0, 0.05) is 22.6 Å². The van der Waals surface area contributed by atoms with Gasteiger partial charge in [0.2, 0.25) is 0 Å². The van der Waals surface area contributed by atoms with E-state index in [1.807, 2.05) is 41.8 Å². The molecule has 0 aliphatic carbocycles. The summed E-state index contributed by atoms with van der Waals surface area (Å²) in [6.45, 7) is 0. The zero-order valence-corrected chi connectivity index (χ0v) is 13.4. The highest BCUT2D eigenvalue weighted by molar-refractivity contribution is 9.10. The largest absolute Gasteiger partial charge is 0.329 e. The minimum Gasteiger partial charge on any atom is -0.329 e. The van der Waals surface area contributed by atoms with E-state index in [0.29, 0.717) is 5.78 Å². The molecule has 2 aromatic carbocycles. The Bertz CT molecular complexity index is 961. The van der Waals surface area contributed by atoms with Gasteiger partial charge in [0.05, 0.1) is 5.52 Å². The molecule has 22 heavy (non-hydrogen) atoms. The summed E-state index contributed by atoms with van der Waals surface area (Å²) in [5.74, 6) is 1.45. The van der Waals surface area contributed by atoms with Gasteiger partial charge in [0.25, 0.3) is 5.78 Å². The van der Waals surface area contributed by atoms with Crippen molar-refractivity contribution in [1.29, 1.82) is 0 Å². The van der Waals surface area contributed by atoms with Gasteiger partial charge in [-0.2, -0.15) is 4.98 Å². The van der Waals surface area contributed by atoms with Crippen LogP contribution in [-0.4, -0.2) is 26.6 Å². The van der Waals surface area contributed by atoms with Crippen molar-refractivity contribution in [2.45, 2.75) is 0 Å². The smallest absolute Gasteiger partial charge is 0.257 e. The third-order valence-electron chi connectivity index (χ3n) is 3.67. The molecule has 4 rings (SSSR count). The van der Waals surface area contributed by atoms with Crippen molar-refractivity contribution in [2.24, 2.45) is 0 Å². The third kappa shape index (κ3) is 2.03. The molecular weight excluding hydrogens is 342 g/mol. The molecule has 4 aromatic rings. The summed E-state index contributed by atoms with van der Waals surface area (Å²) in [6.07, 6.45) is 1.69. The van der Waals surface area contributed by atoms with E-state index in [1.165, 1.54) is 0 Å². The van der Waals surface area contributed by atoms with Crippen LogP contribution >= 0.6 is 15.9 Å². The number of aromatic nitrogens is 4. The molecule has 0 N–H and O–H groups in total. The molecule has 0 fully saturated rings. The molecule has 0 aliphatic heterocycles. The number of hydrogen-bond donors (Lipinski definition) is 0. The predicted molar refractivity (Wildman–Crippen MR) is 90.5 cm³/mol. The molecule has 0 radical (unpaired) electrons. The SMILES string of the molecule is CN(c1ccc(Br)cc1)c1nc2nncn2c2ccccc12. The lowest BCUT2D eigenvalue weighted by atomic mass is 10.2. The molecule has 2 aromatic heterocycles. The van der Waals surface area contributed by atoms with Crippen molar-refractivity contribution >= 4 is 44.1 Å². The second kappa shape index (κ2) is 5.06. The molecule has 5 nitrogen and oxygen atoms in total. The van der Waals surface area contributed by atoms with Crippen LogP contribution in [0.25, 0.3) is 16.7 Å². The molecule has 2 heterocycles. The number of hydrogen-bond acceptors (Lipinski definition) is 4. The van der Waals surface area contributed by atoms with Crippen LogP contribution in [0, 0.1) is 0 Å². The van der Waals surface area contributed by atoms with Crippen molar-refractivity contribution in [1.82, 2.24) is 19.6 Å². The average molecular weight is 354 g/mol. The first-order valence-electron chi connectivity index (χ1n) is 6.82. The highest BCUT2D eigenvalue weighted by Gasteiger charge is 2.13. The Hall–Kier alpha value is -2.47. The van der Waals surface area contributed by atoms with E-state index in [0.717, 1.165) is 26.9 Å². The average Bonchev–Trinajstić information content (AvgIpc) is 3.03. The van der Waals surface area contributed by atoms with Crippen LogP contribution in [-0.2, 0) is 0 Å². The number of anilines is 2. The minimum atomic E-state index is 0.595. The molecule has 0 aliphatic rings. The monoisotopic (exact) mass is 353 g/mol. The molecule has 108 valence electrons. The van der Waals surface area contributed by atoms with E-state index in [1.54, 1.807) is 6.33 Å². The van der Waals surface area contributed by atoms with Crippen LogP contribution in [0.15, 0.2) is 59.3 Å². The van der Waals surface area contributed by atoms with Crippen LogP contribution < -0.4 is 4.90 Å². The van der Waals surface area contributed by atoms with Crippen molar-refractivity contribution in [3.63, 3.8) is 0 Å². The fraction of sp³-hybridized carbons (Fsp3) is 0.0625. The summed E-state index contributed by atoms with van der Waals surface area (Å²) in [6, 6.07) is 16.3. The summed E-state index contributed by atoms with van der Waals surface area (Å²) >= 11 is 3.46. The molecule has 0 unspecified atom stereocenters. The molecule has 0 amide bonds. The van der Waals surface area contributed by atoms with E-state index in [2.05, 4.69) is 54.2 Å². The highest BCUT2D eigenvalue weighted by Crippen LogP contribution is 2.30. The fourth-order valence-corrected chi connectivity index (χ4v) is 2.81. The number of benzene rings is 2. The summed E-state index contributed by atoms with van der Waals surface area (Å²) in [4.78, 5) is 6.72. The third-order valence-corrected chi connectivity index (χ3v) is 4.20. The lowest BCUT2D eigenvalue weighted by molar-refractivity contribution is 1.08. The van der Waals surface area contributed by atoms with Gasteiger partial charge in [0.15, 0.2) is 0 Å². The van der Waals surface area contributed by atoms with Gasteiger partial charge in [0.1, 0.15) is 12.1 Å². The Morgan fingerprint density at radius 1 is 1.05 bits per heavy atom. The predicted octanol–water partition coefficient (Wildman–Crippen LogP) is 3.81. The van der Waals surface area contributed by atoms with Crippen molar-refractivity contribution in [3.8, 4) is 0 Å². The molecule has 0 saturated carbocycles. The first-order valence-corrected chi connectivity index (χ1v) is 7.61. The highest BCUT2D eigenvalue weighted by atomic mass is 79.9. The number of halogens is 1. The second-order valence-electron chi connectivity index (χ2n) is 4.99. The lowest BCUT2D eigenvalue weighted by Crippen LogP contribution is -2.12. The molecule has 0 saturated heterocycles. The van der Waals surface area contributed by atoms with E-state index in [-0.39, 0.29) is 0 Å². The Morgan fingerprint density at radius 3 is 2.64 bits per heavy atom. The van der Waals surface area contributed by atoms with Crippen LogP contribution in [0.3, 0.4) is 0 Å². The normalized spacial score (nSPS) is 11.2. The first-order chi connectivity index (χ1) is 10.7. The van der Waals surface area contributed by atoms with Gasteiger partial charge in [-0.05, 0) is 36.4 Å². The molecule has 0 spiro atoms. The molecule has 0 bridgehead atoms. The van der Waals surface area contributed by atoms with E-state index < -0.39 is 0 Å². The van der Waals surface area contributed by atoms with Crippen LogP contribution in [0.4, 0.5) is 11.5 Å². The van der Waals surface area contributed by atoms with E-state index >= 15 is 0 Å². The number of fused-ring (bicyclic) bond motifs is 3. The number of nitrogens with zero attached hydrogens (tertiary/aromatic N) is 5. The summed E-state index contributed by atoms with van der Waals surface area (Å²) < 4.78 is 2.95. The van der Waals surface area contributed by atoms with Gasteiger partial charge < -0.3 is 4.90 Å². The Labute approximate surface area is 135 Å². The quantitative estimate of drug-likeness (QED) is 0.549. The maximum atomic E-state index is 4.67. The fourth-order valence-electron chi connectivity index (χ4n) is 2.55. The maximum Gasteiger partial charge on any atom is 0.257 e. The lowest BCUT2D eigenvalue weighted by Gasteiger charge is -2.20. The number of rotatable bonds is 2. The van der Waals surface area contributed by atoms with Crippen LogP contribution in [0.5, 0.6) is 0 Å². The van der Waals surface area contributed by atoms with Crippen molar-refractivity contribution < 1.29 is 0 Å². The van der Waals surface area contributed by atoms with E-state index in [4.69, 9.17) is 0 Å². The topological polar surface area (TPSA) is 46.3 Å². The van der Waals surface area contributed by atoms with Crippen LogP contribution in [0.1, 0.15) is 0 Å². The van der Waals surface area contributed by atoms with E-state index in [9.17, 15) is 0 Å². The van der Waals surface area contributed by atoms with Gasteiger partial charge in [-0.3, -0.25) is 4.40 Å². The Kier molecular flexibility index (Phi) is 3.04. The van der Waals surface area contributed by atoms with Crippen molar-refractivity contribution in [2.75, 3.05) is 11.9 Å². The Balaban J connectivity index is 1.97. The van der Waals surface area contributed by atoms with Gasteiger partial charge in [-0.15, -0.1) is 10.2 Å². The Morgan fingerprint density at radius 2 is 1.82 bits per heavy atom. The summed E-state index contributed by atoms with van der Waals surface area (Å²) in [5.41, 5.74) is 2.10. The van der Waals surface area contributed by atoms with Crippen LogP contribution in [0.2, 0.25) is 0 Å². The summed E-state index contributed by atoms with van der Waals surface area (Å²) in [5, 5.41) is 9.11. The standard InChI is InChI=1S/C16H12BrN5/c1-21(12-8-6-11(17)7-9-12)15-13-4-2-3-5-14(13)22-10-18-20-16(22)19-15/h2-10H,1H3. The first kappa shape index (κ1) is 13.2. The number of para-hydroxylation sites is 1. The minimum absolute atomic E-state index is 0.595. The molecule has 0 atom stereocenters. The maximum absolute atomic E-state index is 4.67. The van der Waals surface area contributed by atoms with Gasteiger partial charge in [-0.25, -0.2) is 0 Å². The molecular formula is C16H12BrN5.